The van der Waals surface area contributed by atoms with E-state index in [1.54, 1.807) is 18.3 Å². The van der Waals surface area contributed by atoms with Crippen molar-refractivity contribution in [2.45, 2.75) is 13.1 Å². The van der Waals surface area contributed by atoms with Crippen LogP contribution in [-0.2, 0) is 45.8 Å². The number of hydrogen-bond donors (Lipinski definition) is 2. The van der Waals surface area contributed by atoms with E-state index < -0.39 is 5.91 Å². The Hall–Kier alpha value is -1.76. The molecule has 2 aromatic heterocycles. The minimum atomic E-state index is -0.400. The Balaban J connectivity index is 0.00000196. The number of pyridine rings is 2. The number of aromatic nitrogens is 2. The Labute approximate surface area is 179 Å². The van der Waals surface area contributed by atoms with Crippen molar-refractivity contribution in [2.24, 2.45) is 0 Å². The molecule has 1 aliphatic rings. The van der Waals surface area contributed by atoms with E-state index in [-0.39, 0.29) is 43.7 Å². The summed E-state index contributed by atoms with van der Waals surface area (Å²) < 4.78 is 1.89. The van der Waals surface area contributed by atoms with E-state index in [2.05, 4.69) is 21.8 Å². The van der Waals surface area contributed by atoms with Crippen molar-refractivity contribution >= 4 is 34.2 Å². The van der Waals surface area contributed by atoms with E-state index in [1.165, 1.54) is 6.07 Å². The minimum Gasteiger partial charge on any atom is -0.419 e. The molecule has 0 saturated heterocycles. The third-order valence-corrected chi connectivity index (χ3v) is 4.43. The van der Waals surface area contributed by atoms with Crippen LogP contribution in [0.5, 0.6) is 0 Å². The zero-order chi connectivity index (χ0) is 17.4. The van der Waals surface area contributed by atoms with Crippen molar-refractivity contribution in [3.63, 3.8) is 0 Å². The molecule has 0 fully saturated rings. The number of carbonyl (C=O) groups excluding carboxylic acids is 1. The zero-order valence-corrected chi connectivity index (χ0v) is 17.3. The number of anilines is 1. The monoisotopic (exact) mass is 442 g/mol. The topological polar surface area (TPSA) is 76.0 Å². The molecular weight excluding hydrogens is 429 g/mol. The summed E-state index contributed by atoms with van der Waals surface area (Å²) in [4.78, 5) is 29.4. The molecule has 26 heavy (non-hydrogen) atoms. The third kappa shape index (κ3) is 3.54. The van der Waals surface area contributed by atoms with Gasteiger partial charge in [0, 0.05) is 69.4 Å². The molecule has 3 aromatic rings. The molecule has 0 atom stereocenters. The summed E-state index contributed by atoms with van der Waals surface area (Å²) >= 11 is 5.85. The van der Waals surface area contributed by atoms with Gasteiger partial charge in [0.05, 0.1) is 5.56 Å². The molecule has 0 bridgehead atoms. The van der Waals surface area contributed by atoms with Gasteiger partial charge in [-0.25, -0.2) is 0 Å². The summed E-state index contributed by atoms with van der Waals surface area (Å²) in [5.74, 6) is 0.219. The maximum Gasteiger partial charge on any atom is 0.255 e. The molecule has 4 rings (SSSR count). The molecule has 0 aliphatic carbocycles. The largest absolute Gasteiger partial charge is 0.419 e. The number of carbonyl (C=O) groups is 1. The van der Waals surface area contributed by atoms with Crippen LogP contribution in [0.15, 0.2) is 41.3 Å². The number of halogens is 1. The van der Waals surface area contributed by atoms with Gasteiger partial charge in [0.1, 0.15) is 5.43 Å². The van der Waals surface area contributed by atoms with Gasteiger partial charge in [0.15, 0.2) is 0 Å². The summed E-state index contributed by atoms with van der Waals surface area (Å²) in [6.07, 6.45) is 4.32. The first-order chi connectivity index (χ1) is 12.1. The fraction of sp³-hybridized carbons (Fsp3) is 0.167. The molecule has 1 amide bonds. The molecule has 0 spiro atoms. The maximum absolute atomic E-state index is 12.7. The fourth-order valence-electron chi connectivity index (χ4n) is 2.93. The van der Waals surface area contributed by atoms with Crippen molar-refractivity contribution in [1.29, 1.82) is 0 Å². The van der Waals surface area contributed by atoms with E-state index in [1.807, 2.05) is 16.7 Å². The first kappa shape index (κ1) is 19.0. The van der Waals surface area contributed by atoms with Gasteiger partial charge in [0.2, 0.25) is 0 Å². The van der Waals surface area contributed by atoms with E-state index in [4.69, 9.17) is 11.6 Å². The Morgan fingerprint density at radius 2 is 2.12 bits per heavy atom. The van der Waals surface area contributed by atoms with Crippen molar-refractivity contribution in [2.75, 3.05) is 11.9 Å². The molecule has 0 saturated carbocycles. The fourth-order valence-corrected chi connectivity index (χ4v) is 3.06. The number of nitrogens with one attached hydrogen (secondary N) is 2. The van der Waals surface area contributed by atoms with Crippen LogP contribution in [0, 0.1) is 6.20 Å². The summed E-state index contributed by atoms with van der Waals surface area (Å²) in [5, 5.41) is 7.00. The summed E-state index contributed by atoms with van der Waals surface area (Å²) in [6, 6.07) is 8.71. The first-order valence-electron chi connectivity index (χ1n) is 7.84. The van der Waals surface area contributed by atoms with E-state index in [0.29, 0.717) is 41.4 Å². The Kier molecular flexibility index (Phi) is 5.75. The average molecular weight is 443 g/mol. The zero-order valence-electron chi connectivity index (χ0n) is 13.8. The molecule has 1 radical (unpaired) electrons. The van der Waals surface area contributed by atoms with Gasteiger partial charge in [-0.1, -0.05) is 35.3 Å². The van der Waals surface area contributed by atoms with E-state index in [0.717, 1.165) is 5.56 Å². The minimum absolute atomic E-state index is 0. The van der Waals surface area contributed by atoms with Gasteiger partial charge < -0.3 is 25.0 Å². The summed E-state index contributed by atoms with van der Waals surface area (Å²) in [5.41, 5.74) is 1.42. The van der Waals surface area contributed by atoms with E-state index >= 15 is 0 Å². The Bertz CT molecular complexity index is 1030. The second-order valence-corrected chi connectivity index (χ2v) is 6.23. The molecule has 8 heteroatoms. The molecule has 129 valence electrons. The van der Waals surface area contributed by atoms with Gasteiger partial charge in [-0.05, 0) is 23.2 Å². The predicted molar refractivity (Wildman–Crippen MR) is 96.0 cm³/mol. The molecule has 0 unspecified atom stereocenters. The number of nitrogens with zero attached hydrogens (tertiary/aromatic N) is 2. The molecular formula is C18H14ClN4O2Y-. The second-order valence-electron chi connectivity index (χ2n) is 5.80. The van der Waals surface area contributed by atoms with Crippen LogP contribution < -0.4 is 16.1 Å². The second kappa shape index (κ2) is 7.86. The predicted octanol–water partition coefficient (Wildman–Crippen LogP) is 2.20. The van der Waals surface area contributed by atoms with Crippen LogP contribution in [0.3, 0.4) is 0 Å². The number of benzene rings is 1. The Morgan fingerprint density at radius 1 is 1.35 bits per heavy atom. The van der Waals surface area contributed by atoms with Crippen molar-refractivity contribution in [3.8, 4) is 0 Å². The average Bonchev–Trinajstić information content (AvgIpc) is 2.64. The van der Waals surface area contributed by atoms with Crippen molar-refractivity contribution < 1.29 is 37.5 Å². The molecule has 6 nitrogen and oxygen atoms in total. The van der Waals surface area contributed by atoms with Gasteiger partial charge >= 0.3 is 0 Å². The van der Waals surface area contributed by atoms with Crippen LogP contribution in [0.4, 0.5) is 5.82 Å². The number of hydrogen-bond acceptors (Lipinski definition) is 4. The van der Waals surface area contributed by atoms with Gasteiger partial charge in [-0.3, -0.25) is 4.79 Å². The number of amides is 1. The smallest absolute Gasteiger partial charge is 0.255 e. The summed E-state index contributed by atoms with van der Waals surface area (Å²) in [6.45, 7) is 1.66. The quantitative estimate of drug-likeness (QED) is 0.610. The van der Waals surface area contributed by atoms with Gasteiger partial charge in [-0.2, -0.15) is 0 Å². The maximum atomic E-state index is 12.7. The normalized spacial score (nSPS) is 12.2. The third-order valence-electron chi connectivity index (χ3n) is 4.18. The molecule has 1 aromatic carbocycles. The van der Waals surface area contributed by atoms with Crippen LogP contribution in [0.1, 0.15) is 15.9 Å². The SMILES string of the molecule is O=C(NCc1ccc(Cl)cc1)c1cn2c3c(n[c-]cc3c1=O)NCC2.[Y]. The van der Waals surface area contributed by atoms with Crippen molar-refractivity contribution in [3.05, 3.63) is 69.1 Å². The van der Waals surface area contributed by atoms with E-state index in [9.17, 15) is 9.59 Å². The van der Waals surface area contributed by atoms with Gasteiger partial charge in [0.25, 0.3) is 5.91 Å². The first-order valence-corrected chi connectivity index (χ1v) is 8.22. The van der Waals surface area contributed by atoms with Crippen molar-refractivity contribution in [1.82, 2.24) is 14.9 Å². The molecule has 1 aliphatic heterocycles. The van der Waals surface area contributed by atoms with Crippen LogP contribution in [0.25, 0.3) is 10.9 Å². The molecule has 3 heterocycles. The van der Waals surface area contributed by atoms with Gasteiger partial charge in [-0.15, -0.1) is 6.07 Å². The van der Waals surface area contributed by atoms with Crippen LogP contribution in [-0.4, -0.2) is 22.0 Å². The van der Waals surface area contributed by atoms with Crippen LogP contribution >= 0.6 is 11.6 Å². The standard InChI is InChI=1S/C18H14ClN4O2.Y/c19-12-3-1-11(2-4-12)9-22-18(25)14-10-23-8-7-21-17-15(23)13(16(14)24)5-6-20-17;/h1-5,10H,7-9H2,(H,20,21)(H,22,25);/q-1;. The van der Waals surface area contributed by atoms with Crippen LogP contribution in [0.2, 0.25) is 5.02 Å². The number of rotatable bonds is 3. The molecule has 2 N–H and O–H groups in total. The summed E-state index contributed by atoms with van der Waals surface area (Å²) in [7, 11) is 0. The Morgan fingerprint density at radius 3 is 2.88 bits per heavy atom.